The summed E-state index contributed by atoms with van der Waals surface area (Å²) in [5, 5.41) is 3.97. The molecule has 0 aliphatic carbocycles. The molecule has 0 saturated carbocycles. The molecule has 96 valence electrons. The maximum Gasteiger partial charge on any atom is 0.227 e. The summed E-state index contributed by atoms with van der Waals surface area (Å²) in [6, 6.07) is 7.66. The summed E-state index contributed by atoms with van der Waals surface area (Å²) in [5.41, 5.74) is 0.847. The van der Waals surface area contributed by atoms with Gasteiger partial charge in [-0.1, -0.05) is 17.3 Å². The molecule has 4 nitrogen and oxygen atoms in total. The van der Waals surface area contributed by atoms with Crippen molar-refractivity contribution in [2.75, 3.05) is 12.5 Å². The average molecular weight is 267 g/mol. The van der Waals surface area contributed by atoms with E-state index in [9.17, 15) is 0 Å². The largest absolute Gasteiger partial charge is 0.493 e. The van der Waals surface area contributed by atoms with Crippen molar-refractivity contribution in [3.8, 4) is 17.1 Å². The average Bonchev–Trinajstić information content (AvgIpc) is 2.86. The number of aromatic nitrogens is 2. The Kier molecular flexibility index (Phi) is 4.59. The van der Waals surface area contributed by atoms with Crippen molar-refractivity contribution < 1.29 is 9.26 Å². The van der Waals surface area contributed by atoms with Gasteiger partial charge in [0.15, 0.2) is 0 Å². The van der Waals surface area contributed by atoms with Crippen LogP contribution < -0.4 is 4.74 Å². The summed E-state index contributed by atoms with van der Waals surface area (Å²) in [7, 11) is 0. The third kappa shape index (κ3) is 3.01. The van der Waals surface area contributed by atoms with Gasteiger partial charge in [0, 0.05) is 12.3 Å². The summed E-state index contributed by atoms with van der Waals surface area (Å²) < 4.78 is 10.7. The fourth-order valence-electron chi connectivity index (χ4n) is 1.62. The summed E-state index contributed by atoms with van der Waals surface area (Å²) in [6.07, 6.45) is 1.53. The Morgan fingerprint density at radius 2 is 2.17 bits per heavy atom. The lowest BCUT2D eigenvalue weighted by atomic mass is 10.2. The van der Waals surface area contributed by atoms with Crippen LogP contribution in [0.2, 0.25) is 0 Å². The molecule has 0 aliphatic heterocycles. The summed E-state index contributed by atoms with van der Waals surface area (Å²) in [6.45, 7) is 2.55. The number of nitrogens with zero attached hydrogens (tertiary/aromatic N) is 2. The summed E-state index contributed by atoms with van der Waals surface area (Å²) in [4.78, 5) is 4.34. The molecule has 0 amide bonds. The number of rotatable bonds is 6. The quantitative estimate of drug-likeness (QED) is 0.753. The van der Waals surface area contributed by atoms with Gasteiger partial charge in [-0.3, -0.25) is 0 Å². The molecule has 0 fully saturated rings. The van der Waals surface area contributed by atoms with Gasteiger partial charge in [-0.2, -0.15) is 4.98 Å². The number of hydrogen-bond donors (Lipinski definition) is 0. The second-order valence-electron chi connectivity index (χ2n) is 3.73. The number of halogens is 1. The monoisotopic (exact) mass is 266 g/mol. The maximum atomic E-state index is 5.63. The maximum absolute atomic E-state index is 5.63. The molecule has 0 atom stereocenters. The van der Waals surface area contributed by atoms with E-state index in [0.717, 1.165) is 17.7 Å². The summed E-state index contributed by atoms with van der Waals surface area (Å²) in [5.74, 6) is 2.53. The SMILES string of the molecule is CCOc1ccccc1-c1noc(CCCCl)n1. The first-order valence-electron chi connectivity index (χ1n) is 5.96. The Hall–Kier alpha value is -1.55. The minimum atomic E-state index is 0.559. The molecule has 0 saturated heterocycles. The van der Waals surface area contributed by atoms with Gasteiger partial charge in [-0.25, -0.2) is 0 Å². The van der Waals surface area contributed by atoms with Crippen molar-refractivity contribution in [2.45, 2.75) is 19.8 Å². The molecule has 18 heavy (non-hydrogen) atoms. The zero-order valence-corrected chi connectivity index (χ0v) is 11.0. The van der Waals surface area contributed by atoms with Gasteiger partial charge >= 0.3 is 0 Å². The predicted molar refractivity (Wildman–Crippen MR) is 69.9 cm³/mol. The van der Waals surface area contributed by atoms with E-state index in [1.54, 1.807) is 0 Å². The van der Waals surface area contributed by atoms with E-state index >= 15 is 0 Å². The first-order chi connectivity index (χ1) is 8.85. The lowest BCUT2D eigenvalue weighted by molar-refractivity contribution is 0.341. The number of ether oxygens (including phenoxy) is 1. The van der Waals surface area contributed by atoms with E-state index in [-0.39, 0.29) is 0 Å². The van der Waals surface area contributed by atoms with E-state index in [0.29, 0.717) is 30.6 Å². The lowest BCUT2D eigenvalue weighted by Crippen LogP contribution is -1.94. The minimum Gasteiger partial charge on any atom is -0.493 e. The van der Waals surface area contributed by atoms with E-state index in [1.807, 2.05) is 31.2 Å². The molecule has 0 radical (unpaired) electrons. The van der Waals surface area contributed by atoms with Crippen LogP contribution in [0.1, 0.15) is 19.2 Å². The first kappa shape index (κ1) is 12.9. The zero-order chi connectivity index (χ0) is 12.8. The van der Waals surface area contributed by atoms with Gasteiger partial charge in [0.25, 0.3) is 0 Å². The van der Waals surface area contributed by atoms with Crippen LogP contribution in [-0.4, -0.2) is 22.6 Å². The third-order valence-electron chi connectivity index (χ3n) is 2.42. The smallest absolute Gasteiger partial charge is 0.227 e. The van der Waals surface area contributed by atoms with E-state index in [4.69, 9.17) is 20.9 Å². The molecule has 2 rings (SSSR count). The molecule has 0 unspecified atom stereocenters. The molecule has 2 aromatic rings. The first-order valence-corrected chi connectivity index (χ1v) is 6.49. The molecule has 1 aromatic heterocycles. The Bertz CT molecular complexity index is 499. The second-order valence-corrected chi connectivity index (χ2v) is 4.11. The van der Waals surface area contributed by atoms with Crippen molar-refractivity contribution in [1.82, 2.24) is 10.1 Å². The molecule has 0 aliphatic rings. The lowest BCUT2D eigenvalue weighted by Gasteiger charge is -2.05. The van der Waals surface area contributed by atoms with Crippen LogP contribution in [0.25, 0.3) is 11.4 Å². The van der Waals surface area contributed by atoms with Crippen LogP contribution in [0.3, 0.4) is 0 Å². The topological polar surface area (TPSA) is 48.2 Å². The van der Waals surface area contributed by atoms with Crippen molar-refractivity contribution in [3.63, 3.8) is 0 Å². The predicted octanol–water partition coefficient (Wildman–Crippen LogP) is 3.31. The van der Waals surface area contributed by atoms with Gasteiger partial charge in [0.05, 0.1) is 12.2 Å². The summed E-state index contributed by atoms with van der Waals surface area (Å²) >= 11 is 5.63. The van der Waals surface area contributed by atoms with Crippen LogP contribution in [0.15, 0.2) is 28.8 Å². The van der Waals surface area contributed by atoms with Gasteiger partial charge in [0.2, 0.25) is 11.7 Å². The number of aryl methyl sites for hydroxylation is 1. The normalized spacial score (nSPS) is 10.6. The highest BCUT2D eigenvalue weighted by atomic mass is 35.5. The molecule has 0 spiro atoms. The Morgan fingerprint density at radius 3 is 2.94 bits per heavy atom. The van der Waals surface area contributed by atoms with Crippen molar-refractivity contribution in [2.24, 2.45) is 0 Å². The Labute approximate surface area is 111 Å². The molecule has 1 aromatic carbocycles. The standard InChI is InChI=1S/C13H15ClN2O2/c1-2-17-11-7-4-3-6-10(11)13-15-12(18-16-13)8-5-9-14/h3-4,6-7H,2,5,8-9H2,1H3. The number of hydrogen-bond acceptors (Lipinski definition) is 4. The molecule has 1 heterocycles. The van der Waals surface area contributed by atoms with Crippen molar-refractivity contribution in [3.05, 3.63) is 30.2 Å². The van der Waals surface area contributed by atoms with Gasteiger partial charge in [-0.15, -0.1) is 11.6 Å². The molecular weight excluding hydrogens is 252 g/mol. The number of para-hydroxylation sites is 1. The van der Waals surface area contributed by atoms with Crippen molar-refractivity contribution >= 4 is 11.6 Å². The van der Waals surface area contributed by atoms with Crippen LogP contribution in [-0.2, 0) is 6.42 Å². The van der Waals surface area contributed by atoms with E-state index in [2.05, 4.69) is 10.1 Å². The number of benzene rings is 1. The molecule has 0 N–H and O–H groups in total. The minimum absolute atomic E-state index is 0.559. The van der Waals surface area contributed by atoms with Crippen LogP contribution >= 0.6 is 11.6 Å². The molecular formula is C13H15ClN2O2. The van der Waals surface area contributed by atoms with E-state index in [1.165, 1.54) is 0 Å². The van der Waals surface area contributed by atoms with E-state index < -0.39 is 0 Å². The highest BCUT2D eigenvalue weighted by Crippen LogP contribution is 2.27. The molecule has 5 heteroatoms. The van der Waals surface area contributed by atoms with Gasteiger partial charge in [-0.05, 0) is 25.5 Å². The highest BCUT2D eigenvalue weighted by molar-refractivity contribution is 6.17. The Morgan fingerprint density at radius 1 is 1.33 bits per heavy atom. The Balaban J connectivity index is 2.22. The fourth-order valence-corrected chi connectivity index (χ4v) is 1.75. The van der Waals surface area contributed by atoms with Crippen molar-refractivity contribution in [1.29, 1.82) is 0 Å². The van der Waals surface area contributed by atoms with Crippen LogP contribution in [0.5, 0.6) is 5.75 Å². The zero-order valence-electron chi connectivity index (χ0n) is 10.2. The van der Waals surface area contributed by atoms with Crippen LogP contribution in [0, 0.1) is 0 Å². The number of alkyl halides is 1. The van der Waals surface area contributed by atoms with Gasteiger partial charge < -0.3 is 9.26 Å². The third-order valence-corrected chi connectivity index (χ3v) is 2.69. The van der Waals surface area contributed by atoms with Crippen LogP contribution in [0.4, 0.5) is 0 Å². The van der Waals surface area contributed by atoms with Gasteiger partial charge in [0.1, 0.15) is 5.75 Å². The highest BCUT2D eigenvalue weighted by Gasteiger charge is 2.12. The molecule has 0 bridgehead atoms. The fraction of sp³-hybridized carbons (Fsp3) is 0.385. The second kappa shape index (κ2) is 6.40.